The van der Waals surface area contributed by atoms with E-state index in [1.807, 2.05) is 59.9 Å². The van der Waals surface area contributed by atoms with Gasteiger partial charge in [-0.1, -0.05) is 35.9 Å². The largest absolute Gasteiger partial charge is 0.436 e. The molecule has 2 heterocycles. The number of ether oxygens (including phenoxy) is 1. The summed E-state index contributed by atoms with van der Waals surface area (Å²) in [5.41, 5.74) is 4.43. The van der Waals surface area contributed by atoms with Gasteiger partial charge in [0, 0.05) is 17.3 Å². The van der Waals surface area contributed by atoms with E-state index in [2.05, 4.69) is 20.5 Å². The van der Waals surface area contributed by atoms with Crippen molar-refractivity contribution < 1.29 is 9.53 Å². The summed E-state index contributed by atoms with van der Waals surface area (Å²) in [6.07, 6.45) is 1.63. The number of benzene rings is 3. The van der Waals surface area contributed by atoms with Crippen LogP contribution in [-0.4, -0.2) is 25.5 Å². The van der Waals surface area contributed by atoms with Gasteiger partial charge < -0.3 is 10.1 Å². The van der Waals surface area contributed by atoms with Crippen LogP contribution in [0.2, 0.25) is 0 Å². The van der Waals surface area contributed by atoms with Gasteiger partial charge in [0.25, 0.3) is 11.8 Å². The summed E-state index contributed by atoms with van der Waals surface area (Å²) in [6.45, 7) is 1.95. The Bertz CT molecular complexity index is 1390. The predicted octanol–water partition coefficient (Wildman–Crippen LogP) is 4.63. The Balaban J connectivity index is 1.45. The first-order valence-corrected chi connectivity index (χ1v) is 9.42. The maximum atomic E-state index is 12.5. The molecule has 0 aliphatic rings. The van der Waals surface area contributed by atoms with E-state index < -0.39 is 0 Å². The summed E-state index contributed by atoms with van der Waals surface area (Å²) in [6, 6.07) is 22.3. The van der Waals surface area contributed by atoms with Gasteiger partial charge in [-0.05, 0) is 43.3 Å². The molecule has 0 radical (unpaired) electrons. The number of rotatable bonds is 4. The minimum Gasteiger partial charge on any atom is -0.436 e. The Morgan fingerprint density at radius 2 is 1.87 bits per heavy atom. The van der Waals surface area contributed by atoms with E-state index in [0.29, 0.717) is 28.5 Å². The lowest BCUT2D eigenvalue weighted by Gasteiger charge is -2.10. The Hall–Kier alpha value is -4.26. The Labute approximate surface area is 172 Å². The van der Waals surface area contributed by atoms with E-state index in [1.165, 1.54) is 0 Å². The van der Waals surface area contributed by atoms with Crippen LogP contribution in [-0.2, 0) is 0 Å². The molecule has 0 aliphatic heterocycles. The number of aromatic nitrogens is 4. The number of fused-ring (bicyclic) bond motifs is 3. The number of nitrogens with one attached hydrogen (secondary N) is 1. The molecule has 5 rings (SSSR count). The van der Waals surface area contributed by atoms with E-state index in [4.69, 9.17) is 4.74 Å². The maximum Gasteiger partial charge on any atom is 0.266 e. The molecular weight excluding hydrogens is 378 g/mol. The second-order valence-corrected chi connectivity index (χ2v) is 6.88. The first kappa shape index (κ1) is 17.8. The van der Waals surface area contributed by atoms with Crippen LogP contribution >= 0.6 is 0 Å². The number of carbonyl (C=O) groups excluding carboxylic acids is 1. The standard InChI is InChI=1S/C23H17N5O2/c1-15-6-4-7-16(12-15)22(29)25-17-8-5-9-18(13-17)30-23-21-27-24-14-28(21)20-11-3-2-10-19(20)26-23/h2-14H,1H3,(H,25,29). The topological polar surface area (TPSA) is 81.4 Å². The van der Waals surface area contributed by atoms with Crippen molar-refractivity contribution in [3.8, 4) is 11.6 Å². The first-order chi connectivity index (χ1) is 14.7. The number of nitrogens with zero attached hydrogens (tertiary/aromatic N) is 4. The summed E-state index contributed by atoms with van der Waals surface area (Å²) in [4.78, 5) is 17.1. The van der Waals surface area contributed by atoms with Gasteiger partial charge in [0.05, 0.1) is 11.0 Å². The van der Waals surface area contributed by atoms with Crippen LogP contribution in [0.3, 0.4) is 0 Å². The van der Waals surface area contributed by atoms with Crippen molar-refractivity contribution in [3.05, 3.63) is 90.3 Å². The minimum absolute atomic E-state index is 0.181. The average molecular weight is 395 g/mol. The Morgan fingerprint density at radius 3 is 2.77 bits per heavy atom. The summed E-state index contributed by atoms with van der Waals surface area (Å²) >= 11 is 0. The van der Waals surface area contributed by atoms with E-state index in [1.54, 1.807) is 30.6 Å². The summed E-state index contributed by atoms with van der Waals surface area (Å²) in [5.74, 6) is 0.692. The molecule has 7 heteroatoms. The molecule has 7 nitrogen and oxygen atoms in total. The number of hydrogen-bond acceptors (Lipinski definition) is 5. The molecule has 2 aromatic heterocycles. The Morgan fingerprint density at radius 1 is 1.00 bits per heavy atom. The van der Waals surface area contributed by atoms with Crippen molar-refractivity contribution in [1.82, 2.24) is 19.6 Å². The van der Waals surface area contributed by atoms with Crippen LogP contribution in [0.1, 0.15) is 15.9 Å². The van der Waals surface area contributed by atoms with Crippen LogP contribution in [0.5, 0.6) is 11.6 Å². The van der Waals surface area contributed by atoms with E-state index in [0.717, 1.165) is 16.6 Å². The van der Waals surface area contributed by atoms with Crippen molar-refractivity contribution in [2.24, 2.45) is 0 Å². The van der Waals surface area contributed by atoms with Gasteiger partial charge in [0.2, 0.25) is 5.65 Å². The number of para-hydroxylation sites is 2. The molecule has 0 atom stereocenters. The summed E-state index contributed by atoms with van der Waals surface area (Å²) < 4.78 is 7.85. The number of carbonyl (C=O) groups is 1. The molecule has 5 aromatic rings. The molecule has 0 aliphatic carbocycles. The van der Waals surface area contributed by atoms with Crippen LogP contribution < -0.4 is 10.1 Å². The van der Waals surface area contributed by atoms with Gasteiger partial charge in [-0.15, -0.1) is 10.2 Å². The zero-order chi connectivity index (χ0) is 20.5. The maximum absolute atomic E-state index is 12.5. The molecule has 30 heavy (non-hydrogen) atoms. The monoisotopic (exact) mass is 395 g/mol. The van der Waals surface area contributed by atoms with E-state index in [-0.39, 0.29) is 5.91 Å². The predicted molar refractivity (Wildman–Crippen MR) is 114 cm³/mol. The molecule has 0 saturated carbocycles. The number of aryl methyl sites for hydroxylation is 1. The lowest BCUT2D eigenvalue weighted by Crippen LogP contribution is -2.11. The molecule has 3 aromatic carbocycles. The number of anilines is 1. The van der Waals surface area contributed by atoms with Gasteiger partial charge >= 0.3 is 0 Å². The normalized spacial score (nSPS) is 11.0. The summed E-state index contributed by atoms with van der Waals surface area (Å²) in [7, 11) is 0. The van der Waals surface area contributed by atoms with Gasteiger partial charge in [-0.25, -0.2) is 4.98 Å². The molecule has 0 saturated heterocycles. The summed E-state index contributed by atoms with van der Waals surface area (Å²) in [5, 5.41) is 11.0. The third kappa shape index (κ3) is 3.33. The third-order valence-corrected chi connectivity index (χ3v) is 4.69. The molecule has 1 amide bonds. The smallest absolute Gasteiger partial charge is 0.266 e. The fourth-order valence-electron chi connectivity index (χ4n) is 3.29. The second-order valence-electron chi connectivity index (χ2n) is 6.88. The van der Waals surface area contributed by atoms with Gasteiger partial charge in [0.15, 0.2) is 0 Å². The van der Waals surface area contributed by atoms with E-state index >= 15 is 0 Å². The van der Waals surface area contributed by atoms with Crippen molar-refractivity contribution in [2.75, 3.05) is 5.32 Å². The zero-order valence-corrected chi connectivity index (χ0v) is 16.1. The molecule has 0 bridgehead atoms. The molecule has 0 fully saturated rings. The van der Waals surface area contributed by atoms with Crippen LogP contribution in [0.15, 0.2) is 79.1 Å². The highest BCUT2D eigenvalue weighted by molar-refractivity contribution is 6.04. The molecule has 146 valence electrons. The minimum atomic E-state index is -0.181. The van der Waals surface area contributed by atoms with E-state index in [9.17, 15) is 4.79 Å². The van der Waals surface area contributed by atoms with Crippen LogP contribution in [0, 0.1) is 6.92 Å². The van der Waals surface area contributed by atoms with Crippen LogP contribution in [0.25, 0.3) is 16.7 Å². The zero-order valence-electron chi connectivity index (χ0n) is 16.1. The van der Waals surface area contributed by atoms with Gasteiger partial charge in [-0.3, -0.25) is 9.20 Å². The van der Waals surface area contributed by atoms with Crippen molar-refractivity contribution in [1.29, 1.82) is 0 Å². The molecule has 0 unspecified atom stereocenters. The average Bonchev–Trinajstić information content (AvgIpc) is 3.25. The number of hydrogen-bond donors (Lipinski definition) is 1. The fourth-order valence-corrected chi connectivity index (χ4v) is 3.29. The molecular formula is C23H17N5O2. The lowest BCUT2D eigenvalue weighted by atomic mass is 10.1. The fraction of sp³-hybridized carbons (Fsp3) is 0.0435. The quantitative estimate of drug-likeness (QED) is 0.480. The van der Waals surface area contributed by atoms with Crippen LogP contribution in [0.4, 0.5) is 5.69 Å². The number of amides is 1. The lowest BCUT2D eigenvalue weighted by molar-refractivity contribution is 0.102. The second kappa shape index (κ2) is 7.29. The first-order valence-electron chi connectivity index (χ1n) is 9.42. The van der Waals surface area contributed by atoms with Crippen molar-refractivity contribution in [3.63, 3.8) is 0 Å². The highest BCUT2D eigenvalue weighted by Crippen LogP contribution is 2.28. The highest BCUT2D eigenvalue weighted by atomic mass is 16.5. The van der Waals surface area contributed by atoms with Gasteiger partial charge in [0.1, 0.15) is 12.1 Å². The molecule has 1 N–H and O–H groups in total. The SMILES string of the molecule is Cc1cccc(C(=O)Nc2cccc(Oc3nc4ccccc4n4cnnc34)c2)c1. The van der Waals surface area contributed by atoms with Crippen molar-refractivity contribution >= 4 is 28.3 Å². The Kier molecular flexibility index (Phi) is 4.33. The molecule has 0 spiro atoms. The van der Waals surface area contributed by atoms with Crippen molar-refractivity contribution in [2.45, 2.75) is 6.92 Å². The third-order valence-electron chi connectivity index (χ3n) is 4.69. The highest BCUT2D eigenvalue weighted by Gasteiger charge is 2.13. The van der Waals surface area contributed by atoms with Gasteiger partial charge in [-0.2, -0.15) is 0 Å².